The minimum Gasteiger partial charge on any atom is -0.505 e. The predicted molar refractivity (Wildman–Crippen MR) is 125 cm³/mol. The minimum atomic E-state index is -0.514. The lowest BCUT2D eigenvalue weighted by Gasteiger charge is -2.12. The highest BCUT2D eigenvalue weighted by molar-refractivity contribution is 6.71. The van der Waals surface area contributed by atoms with Crippen LogP contribution in [0.15, 0.2) is 76.9 Å². The number of benzene rings is 3. The zero-order valence-electron chi connectivity index (χ0n) is 17.8. The van der Waals surface area contributed by atoms with Crippen LogP contribution < -0.4 is 10.4 Å². The molecule has 5 rings (SSSR count). The molecule has 1 aromatic heterocycles. The van der Waals surface area contributed by atoms with Crippen LogP contribution in [0.5, 0.6) is 5.75 Å². The van der Waals surface area contributed by atoms with E-state index in [0.717, 1.165) is 16.1 Å². The number of hydrazone groups is 2. The largest absolute Gasteiger partial charge is 0.505 e. The van der Waals surface area contributed by atoms with Gasteiger partial charge in [0.15, 0.2) is 11.5 Å². The van der Waals surface area contributed by atoms with Crippen LogP contribution in [0.1, 0.15) is 6.92 Å². The summed E-state index contributed by atoms with van der Waals surface area (Å²) in [7, 11) is 0. The number of tetrazole rings is 1. The summed E-state index contributed by atoms with van der Waals surface area (Å²) >= 11 is 0. The second kappa shape index (κ2) is 8.54. The number of carbonyl (C=O) groups is 1. The molecule has 0 unspecified atom stereocenters. The van der Waals surface area contributed by atoms with E-state index in [1.54, 1.807) is 31.2 Å². The van der Waals surface area contributed by atoms with E-state index in [1.807, 2.05) is 24.3 Å². The van der Waals surface area contributed by atoms with Crippen molar-refractivity contribution >= 4 is 28.7 Å². The molecule has 0 bridgehead atoms. The zero-order valence-corrected chi connectivity index (χ0v) is 17.8. The highest BCUT2D eigenvalue weighted by Gasteiger charge is 2.31. The number of rotatable bonds is 5. The Balaban J connectivity index is 1.41. The topological polar surface area (TPSA) is 132 Å². The van der Waals surface area contributed by atoms with Gasteiger partial charge >= 0.3 is 5.91 Å². The van der Waals surface area contributed by atoms with Crippen molar-refractivity contribution in [1.29, 1.82) is 0 Å². The van der Waals surface area contributed by atoms with E-state index in [-0.39, 0.29) is 11.5 Å². The standard InChI is InChI=1S/C23H17FN8O2/c1-13-20(23(34)32(29-13)17-8-3-7-16(24)12-17)26-25-19-10-4-9-18(21(19)33)14-5-2-6-15(11-14)22-27-30-31-28-22/h2-12,25,33H,1H3,(H,27,28,30,31). The number of nitrogens with zero attached hydrogens (tertiary/aromatic N) is 6. The number of amides is 1. The molecule has 4 aromatic rings. The fourth-order valence-electron chi connectivity index (χ4n) is 3.51. The maximum absolute atomic E-state index is 13.6. The monoisotopic (exact) mass is 456 g/mol. The van der Waals surface area contributed by atoms with Crippen LogP contribution in [0.2, 0.25) is 0 Å². The van der Waals surface area contributed by atoms with Gasteiger partial charge < -0.3 is 5.11 Å². The lowest BCUT2D eigenvalue weighted by molar-refractivity contribution is -0.112. The molecular formula is C23H17FN8O2. The average Bonchev–Trinajstić information content (AvgIpc) is 3.47. The normalized spacial score (nSPS) is 14.5. The Morgan fingerprint density at radius 3 is 2.65 bits per heavy atom. The first-order valence-corrected chi connectivity index (χ1v) is 10.2. The van der Waals surface area contributed by atoms with Gasteiger partial charge in [0.2, 0.25) is 0 Å². The number of phenolic OH excluding ortho intramolecular Hbond substituents is 1. The number of halogens is 1. The second-order valence-corrected chi connectivity index (χ2v) is 7.39. The maximum atomic E-state index is 13.6. The molecular weight excluding hydrogens is 439 g/mol. The summed E-state index contributed by atoms with van der Waals surface area (Å²) in [4.78, 5) is 12.8. The lowest BCUT2D eigenvalue weighted by atomic mass is 10.0. The van der Waals surface area contributed by atoms with Crippen LogP contribution in [0.3, 0.4) is 0 Å². The average molecular weight is 456 g/mol. The van der Waals surface area contributed by atoms with E-state index >= 15 is 0 Å². The summed E-state index contributed by atoms with van der Waals surface area (Å²) in [5, 5.41) is 34.1. The Morgan fingerprint density at radius 1 is 1.06 bits per heavy atom. The van der Waals surface area contributed by atoms with E-state index < -0.39 is 11.7 Å². The van der Waals surface area contributed by atoms with Crippen molar-refractivity contribution in [3.05, 3.63) is 72.5 Å². The van der Waals surface area contributed by atoms with Crippen LogP contribution in [0, 0.1) is 5.82 Å². The van der Waals surface area contributed by atoms with Crippen molar-refractivity contribution < 1.29 is 14.3 Å². The maximum Gasteiger partial charge on any atom is 0.301 e. The first kappa shape index (κ1) is 20.9. The molecule has 10 nitrogen and oxygen atoms in total. The molecule has 1 aliphatic heterocycles. The van der Waals surface area contributed by atoms with E-state index in [1.165, 1.54) is 18.2 Å². The zero-order chi connectivity index (χ0) is 23.7. The molecule has 0 atom stereocenters. The van der Waals surface area contributed by atoms with Crippen LogP contribution >= 0.6 is 0 Å². The predicted octanol–water partition coefficient (Wildman–Crippen LogP) is 3.57. The van der Waals surface area contributed by atoms with Gasteiger partial charge in [-0.05, 0) is 53.2 Å². The van der Waals surface area contributed by atoms with Crippen LogP contribution in [-0.2, 0) is 4.79 Å². The molecule has 0 spiro atoms. The molecule has 1 amide bonds. The summed E-state index contributed by atoms with van der Waals surface area (Å²) in [5.74, 6) is -0.548. The van der Waals surface area contributed by atoms with Crippen molar-refractivity contribution in [2.24, 2.45) is 10.2 Å². The first-order valence-electron chi connectivity index (χ1n) is 10.2. The number of carbonyl (C=O) groups excluding carboxylic acids is 1. The number of aromatic amines is 1. The number of anilines is 2. The molecule has 0 aliphatic carbocycles. The summed E-state index contributed by atoms with van der Waals surface area (Å²) in [6, 6.07) is 18.0. The third-order valence-electron chi connectivity index (χ3n) is 5.16. The molecule has 0 saturated heterocycles. The fourth-order valence-corrected chi connectivity index (χ4v) is 3.51. The Kier molecular flexibility index (Phi) is 5.26. The summed E-state index contributed by atoms with van der Waals surface area (Å²) in [6.45, 7) is 1.62. The summed E-state index contributed by atoms with van der Waals surface area (Å²) in [5.41, 5.74) is 5.76. The highest BCUT2D eigenvalue weighted by Crippen LogP contribution is 2.36. The van der Waals surface area contributed by atoms with E-state index in [9.17, 15) is 14.3 Å². The third-order valence-corrected chi connectivity index (χ3v) is 5.16. The van der Waals surface area contributed by atoms with Crippen molar-refractivity contribution in [2.45, 2.75) is 6.92 Å². The van der Waals surface area contributed by atoms with Crippen molar-refractivity contribution in [3.8, 4) is 28.3 Å². The van der Waals surface area contributed by atoms with Crippen LogP contribution in [-0.4, -0.2) is 43.1 Å². The number of aromatic nitrogens is 4. The Labute approximate surface area is 192 Å². The lowest BCUT2D eigenvalue weighted by Crippen LogP contribution is -2.28. The van der Waals surface area contributed by atoms with Crippen molar-refractivity contribution in [2.75, 3.05) is 10.4 Å². The van der Waals surface area contributed by atoms with Gasteiger partial charge in [0.1, 0.15) is 11.6 Å². The Morgan fingerprint density at radius 2 is 1.85 bits per heavy atom. The van der Waals surface area contributed by atoms with Crippen LogP contribution in [0.25, 0.3) is 22.5 Å². The van der Waals surface area contributed by atoms with E-state index in [4.69, 9.17) is 0 Å². The molecule has 2 heterocycles. The number of hydrogen-bond acceptors (Lipinski definition) is 8. The Bertz CT molecular complexity index is 1450. The van der Waals surface area contributed by atoms with Gasteiger partial charge in [0.05, 0.1) is 17.1 Å². The van der Waals surface area contributed by atoms with E-state index in [2.05, 4.69) is 36.3 Å². The number of aromatic hydroxyl groups is 1. The SMILES string of the molecule is CC1=NN(c2cccc(F)c2)C(=O)C1=NNc1cccc(-c2cccc(-c3nnn[nH]3)c2)c1O. The smallest absolute Gasteiger partial charge is 0.301 e. The fraction of sp³-hybridized carbons (Fsp3) is 0.0435. The molecule has 34 heavy (non-hydrogen) atoms. The summed E-state index contributed by atoms with van der Waals surface area (Å²) < 4.78 is 13.6. The van der Waals surface area contributed by atoms with Crippen LogP contribution in [0.4, 0.5) is 15.8 Å². The molecule has 3 N–H and O–H groups in total. The number of nitrogens with one attached hydrogen (secondary N) is 2. The van der Waals surface area contributed by atoms with Gasteiger partial charge in [-0.25, -0.2) is 9.49 Å². The number of phenols is 1. The number of hydrogen-bond donors (Lipinski definition) is 3. The molecule has 168 valence electrons. The van der Waals surface area contributed by atoms with Gasteiger partial charge in [-0.1, -0.05) is 36.4 Å². The third kappa shape index (κ3) is 3.86. The first-order chi connectivity index (χ1) is 16.5. The minimum absolute atomic E-state index is 0.0499. The van der Waals surface area contributed by atoms with Gasteiger partial charge in [-0.2, -0.15) is 15.2 Å². The van der Waals surface area contributed by atoms with Gasteiger partial charge in [-0.15, -0.1) is 5.10 Å². The van der Waals surface area contributed by atoms with Crippen molar-refractivity contribution in [3.63, 3.8) is 0 Å². The number of H-pyrrole nitrogens is 1. The molecule has 11 heteroatoms. The molecule has 0 fully saturated rings. The van der Waals surface area contributed by atoms with Gasteiger partial charge in [-0.3, -0.25) is 10.2 Å². The quantitative estimate of drug-likeness (QED) is 0.311. The molecule has 3 aromatic carbocycles. The molecule has 1 aliphatic rings. The van der Waals surface area contributed by atoms with Gasteiger partial charge in [0, 0.05) is 11.1 Å². The van der Waals surface area contributed by atoms with Gasteiger partial charge in [0.25, 0.3) is 0 Å². The molecule has 0 saturated carbocycles. The highest BCUT2D eigenvalue weighted by atomic mass is 19.1. The summed E-state index contributed by atoms with van der Waals surface area (Å²) in [6.07, 6.45) is 0. The second-order valence-electron chi connectivity index (χ2n) is 7.39. The van der Waals surface area contributed by atoms with E-state index in [0.29, 0.717) is 28.5 Å². The molecule has 0 radical (unpaired) electrons. The Hall–Kier alpha value is -4.93. The number of para-hydroxylation sites is 1. The van der Waals surface area contributed by atoms with Crippen molar-refractivity contribution in [1.82, 2.24) is 20.6 Å².